The number of likely N-dealkylation sites (N-methyl/N-ethyl adjacent to an activating group) is 1. The van der Waals surface area contributed by atoms with Gasteiger partial charge in [0.2, 0.25) is 0 Å². The Labute approximate surface area is 94.8 Å². The molecule has 88 valence electrons. The Morgan fingerprint density at radius 3 is 2.80 bits per heavy atom. The first kappa shape index (κ1) is 12.8. The van der Waals surface area contributed by atoms with Gasteiger partial charge in [0.05, 0.1) is 0 Å². The summed E-state index contributed by atoms with van der Waals surface area (Å²) in [5.41, 5.74) is 0. The van der Waals surface area contributed by atoms with Crippen molar-refractivity contribution in [2.75, 3.05) is 25.5 Å². The van der Waals surface area contributed by atoms with Crippen molar-refractivity contribution in [1.29, 1.82) is 0 Å². The SMILES string of the molecule is CCNC(CSC1CCOCC1)C(=O)O. The molecule has 0 aromatic heterocycles. The second kappa shape index (κ2) is 7.09. The summed E-state index contributed by atoms with van der Waals surface area (Å²) in [7, 11) is 0. The highest BCUT2D eigenvalue weighted by Gasteiger charge is 2.20. The molecule has 0 amide bonds. The van der Waals surface area contributed by atoms with E-state index >= 15 is 0 Å². The summed E-state index contributed by atoms with van der Waals surface area (Å²) in [6.45, 7) is 4.26. The molecule has 2 N–H and O–H groups in total. The number of thioether (sulfide) groups is 1. The highest BCUT2D eigenvalue weighted by Crippen LogP contribution is 2.22. The van der Waals surface area contributed by atoms with Gasteiger partial charge in [-0.3, -0.25) is 4.79 Å². The summed E-state index contributed by atoms with van der Waals surface area (Å²) in [6, 6.07) is -0.414. The Morgan fingerprint density at radius 2 is 2.27 bits per heavy atom. The quantitative estimate of drug-likeness (QED) is 0.715. The van der Waals surface area contributed by atoms with Gasteiger partial charge in [-0.1, -0.05) is 6.92 Å². The molecular weight excluding hydrogens is 214 g/mol. The third-order valence-corrected chi connectivity index (χ3v) is 3.88. The lowest BCUT2D eigenvalue weighted by Crippen LogP contribution is -2.39. The molecule has 4 nitrogen and oxygen atoms in total. The fraction of sp³-hybridized carbons (Fsp3) is 0.900. The minimum absolute atomic E-state index is 0.414. The van der Waals surface area contributed by atoms with E-state index in [1.807, 2.05) is 6.92 Å². The fourth-order valence-electron chi connectivity index (χ4n) is 1.54. The molecule has 1 atom stereocenters. The summed E-state index contributed by atoms with van der Waals surface area (Å²) in [6.07, 6.45) is 2.09. The number of carboxylic acid groups (broad SMARTS) is 1. The van der Waals surface area contributed by atoms with Gasteiger partial charge in [0.1, 0.15) is 6.04 Å². The molecule has 1 heterocycles. The normalized spacial score (nSPS) is 20.1. The van der Waals surface area contributed by atoms with Gasteiger partial charge < -0.3 is 15.2 Å². The van der Waals surface area contributed by atoms with Crippen LogP contribution in [0.3, 0.4) is 0 Å². The van der Waals surface area contributed by atoms with Crippen LogP contribution in [0.15, 0.2) is 0 Å². The third-order valence-electron chi connectivity index (χ3n) is 2.42. The van der Waals surface area contributed by atoms with Gasteiger partial charge in [0.25, 0.3) is 0 Å². The van der Waals surface area contributed by atoms with Gasteiger partial charge in [-0.15, -0.1) is 0 Å². The third kappa shape index (κ3) is 4.86. The highest BCUT2D eigenvalue weighted by molar-refractivity contribution is 7.99. The minimum atomic E-state index is -0.753. The number of aliphatic carboxylic acids is 1. The molecule has 1 fully saturated rings. The van der Waals surface area contributed by atoms with Crippen molar-refractivity contribution in [3.05, 3.63) is 0 Å². The maximum absolute atomic E-state index is 10.9. The van der Waals surface area contributed by atoms with Crippen LogP contribution in [0.2, 0.25) is 0 Å². The summed E-state index contributed by atoms with van der Waals surface area (Å²) < 4.78 is 5.26. The van der Waals surface area contributed by atoms with Crippen LogP contribution in [0.4, 0.5) is 0 Å². The van der Waals surface area contributed by atoms with Crippen molar-refractivity contribution >= 4 is 17.7 Å². The van der Waals surface area contributed by atoms with Crippen molar-refractivity contribution in [3.8, 4) is 0 Å². The van der Waals surface area contributed by atoms with Crippen LogP contribution in [0.25, 0.3) is 0 Å². The van der Waals surface area contributed by atoms with Crippen molar-refractivity contribution < 1.29 is 14.6 Å². The van der Waals surface area contributed by atoms with Gasteiger partial charge >= 0.3 is 5.97 Å². The largest absolute Gasteiger partial charge is 0.480 e. The molecule has 0 saturated carbocycles. The number of hydrogen-bond acceptors (Lipinski definition) is 4. The minimum Gasteiger partial charge on any atom is -0.480 e. The number of rotatable bonds is 6. The van der Waals surface area contributed by atoms with E-state index in [1.165, 1.54) is 0 Å². The maximum atomic E-state index is 10.9. The smallest absolute Gasteiger partial charge is 0.321 e. The molecule has 0 spiro atoms. The van der Waals surface area contributed by atoms with Gasteiger partial charge in [0, 0.05) is 24.2 Å². The van der Waals surface area contributed by atoms with E-state index in [0.717, 1.165) is 26.1 Å². The predicted molar refractivity (Wildman–Crippen MR) is 61.4 cm³/mol. The number of carbonyl (C=O) groups is 1. The van der Waals surface area contributed by atoms with Crippen LogP contribution in [-0.2, 0) is 9.53 Å². The first-order chi connectivity index (χ1) is 7.24. The van der Waals surface area contributed by atoms with Gasteiger partial charge in [0.15, 0.2) is 0 Å². The Kier molecular flexibility index (Phi) is 6.05. The summed E-state index contributed by atoms with van der Waals surface area (Å²) in [5.74, 6) is -0.107. The number of carboxylic acids is 1. The van der Waals surface area contributed by atoms with E-state index in [0.29, 0.717) is 17.5 Å². The first-order valence-corrected chi connectivity index (χ1v) is 6.44. The molecule has 1 rings (SSSR count). The Bertz CT molecular complexity index is 195. The Morgan fingerprint density at radius 1 is 1.60 bits per heavy atom. The molecule has 1 aliphatic rings. The monoisotopic (exact) mass is 233 g/mol. The molecule has 15 heavy (non-hydrogen) atoms. The average molecular weight is 233 g/mol. The summed E-state index contributed by atoms with van der Waals surface area (Å²) in [5, 5.41) is 12.5. The molecule has 0 radical (unpaired) electrons. The molecule has 1 unspecified atom stereocenters. The van der Waals surface area contributed by atoms with Gasteiger partial charge in [-0.05, 0) is 19.4 Å². The first-order valence-electron chi connectivity index (χ1n) is 5.39. The average Bonchev–Trinajstić information content (AvgIpc) is 2.25. The van der Waals surface area contributed by atoms with Crippen molar-refractivity contribution in [2.45, 2.75) is 31.1 Å². The van der Waals surface area contributed by atoms with E-state index < -0.39 is 12.0 Å². The maximum Gasteiger partial charge on any atom is 0.321 e. The second-order valence-electron chi connectivity index (χ2n) is 3.59. The van der Waals surface area contributed by atoms with Crippen LogP contribution in [0.1, 0.15) is 19.8 Å². The number of nitrogens with one attached hydrogen (secondary N) is 1. The van der Waals surface area contributed by atoms with Gasteiger partial charge in [-0.25, -0.2) is 0 Å². The lowest BCUT2D eigenvalue weighted by Gasteiger charge is -2.23. The van der Waals surface area contributed by atoms with Crippen molar-refractivity contribution in [1.82, 2.24) is 5.32 Å². The molecular formula is C10H19NO3S. The second-order valence-corrected chi connectivity index (χ2v) is 4.93. The lowest BCUT2D eigenvalue weighted by molar-refractivity contribution is -0.138. The fourth-order valence-corrected chi connectivity index (χ4v) is 2.79. The highest BCUT2D eigenvalue weighted by atomic mass is 32.2. The van der Waals surface area contributed by atoms with Crippen LogP contribution < -0.4 is 5.32 Å². The number of ether oxygens (including phenoxy) is 1. The predicted octanol–water partition coefficient (Wildman–Crippen LogP) is 0.961. The molecule has 5 heteroatoms. The van der Waals surface area contributed by atoms with Crippen LogP contribution in [0.5, 0.6) is 0 Å². The van der Waals surface area contributed by atoms with E-state index in [1.54, 1.807) is 11.8 Å². The zero-order chi connectivity index (χ0) is 11.1. The van der Waals surface area contributed by atoms with Crippen molar-refractivity contribution in [3.63, 3.8) is 0 Å². The van der Waals surface area contributed by atoms with E-state index in [2.05, 4.69) is 5.32 Å². The number of hydrogen-bond donors (Lipinski definition) is 2. The zero-order valence-electron chi connectivity index (χ0n) is 9.07. The Balaban J connectivity index is 2.22. The van der Waals surface area contributed by atoms with Crippen LogP contribution in [-0.4, -0.2) is 47.9 Å². The Hall–Kier alpha value is -0.260. The topological polar surface area (TPSA) is 58.6 Å². The summed E-state index contributed by atoms with van der Waals surface area (Å²) >= 11 is 1.75. The van der Waals surface area contributed by atoms with Crippen molar-refractivity contribution in [2.24, 2.45) is 0 Å². The molecule has 0 bridgehead atoms. The molecule has 0 aromatic rings. The standard InChI is InChI=1S/C10H19NO3S/c1-2-11-9(10(12)13)7-15-8-3-5-14-6-4-8/h8-9,11H,2-7H2,1H3,(H,12,13). The van der Waals surface area contributed by atoms with E-state index in [9.17, 15) is 4.79 Å². The molecule has 1 saturated heterocycles. The molecule has 1 aliphatic heterocycles. The lowest BCUT2D eigenvalue weighted by atomic mass is 10.2. The van der Waals surface area contributed by atoms with E-state index in [4.69, 9.17) is 9.84 Å². The summed E-state index contributed by atoms with van der Waals surface area (Å²) in [4.78, 5) is 10.9. The van der Waals surface area contributed by atoms with Gasteiger partial charge in [-0.2, -0.15) is 11.8 Å². The molecule has 0 aromatic carbocycles. The zero-order valence-corrected chi connectivity index (χ0v) is 9.89. The van der Waals surface area contributed by atoms with E-state index in [-0.39, 0.29) is 0 Å². The van der Waals surface area contributed by atoms with Crippen LogP contribution >= 0.6 is 11.8 Å². The van der Waals surface area contributed by atoms with Crippen LogP contribution in [0, 0.1) is 0 Å². The molecule has 0 aliphatic carbocycles.